The van der Waals surface area contributed by atoms with E-state index in [1.54, 1.807) is 41.1 Å². The number of ether oxygens (including phenoxy) is 1. The first-order valence-corrected chi connectivity index (χ1v) is 20.1. The van der Waals surface area contributed by atoms with Gasteiger partial charge in [-0.3, -0.25) is 39.0 Å². The number of hydrogen-bond donors (Lipinski definition) is 4. The molecule has 3 aromatic carbocycles. The molecule has 0 spiro atoms. The second-order valence-electron chi connectivity index (χ2n) is 15.8. The molecule has 4 aliphatic heterocycles. The Morgan fingerprint density at radius 2 is 1.62 bits per heavy atom. The smallest absolute Gasteiger partial charge is 0.262 e. The largest absolute Gasteiger partial charge is 0.496 e. The summed E-state index contributed by atoms with van der Waals surface area (Å²) in [6.07, 6.45) is 3.67. The molecular formula is C43H46FN9O7. The number of methoxy groups -OCH3 is 1. The van der Waals surface area contributed by atoms with Crippen LogP contribution in [-0.2, 0) is 16.1 Å². The van der Waals surface area contributed by atoms with Gasteiger partial charge in [0, 0.05) is 56.9 Å². The highest BCUT2D eigenvalue weighted by atomic mass is 19.1. The third-order valence-corrected chi connectivity index (χ3v) is 12.1. The molecule has 1 aromatic heterocycles. The Labute approximate surface area is 345 Å². The van der Waals surface area contributed by atoms with Gasteiger partial charge in [-0.25, -0.2) is 9.07 Å². The summed E-state index contributed by atoms with van der Waals surface area (Å²) in [4.78, 5) is 81.7. The van der Waals surface area contributed by atoms with Crippen molar-refractivity contribution in [3.05, 3.63) is 94.3 Å². The molecule has 60 heavy (non-hydrogen) atoms. The number of nitrogens with zero attached hydrogens (tertiary/aromatic N) is 5. The number of nitrogens with two attached hydrogens (primary N) is 2. The maximum absolute atomic E-state index is 13.8. The number of rotatable bonds is 11. The van der Waals surface area contributed by atoms with Gasteiger partial charge in [0.25, 0.3) is 23.6 Å². The van der Waals surface area contributed by atoms with E-state index in [2.05, 4.69) is 20.4 Å². The van der Waals surface area contributed by atoms with E-state index in [1.165, 1.54) is 19.2 Å². The number of imide groups is 2. The third kappa shape index (κ3) is 7.79. The van der Waals surface area contributed by atoms with Crippen LogP contribution in [-0.4, -0.2) is 101 Å². The standard InChI is InChI=1S/C43H46FN9O7/c1-60-34-10-6-27(44)20-32(34)40(56)47-22-24-2-4-26(5-3-24)37-36(39(46)55)38(45)53(49-37)28-14-16-50(17-15-28)23-25-12-18-51(19-13-25)29-7-8-30-31(21-29)43(59)52(42(30)58)33-9-11-35(54)48-41(33)57/h2-8,10,20-21,25,28,33H,9,11-19,22-23,45H2,1H3,(H2,46,55)(H,47,56)(H,48,54,57). The molecule has 312 valence electrons. The van der Waals surface area contributed by atoms with Crippen molar-refractivity contribution in [1.82, 2.24) is 30.2 Å². The first kappa shape index (κ1) is 40.2. The van der Waals surface area contributed by atoms with Crippen molar-refractivity contribution < 1.29 is 37.9 Å². The Morgan fingerprint density at radius 3 is 2.30 bits per heavy atom. The van der Waals surface area contributed by atoms with Crippen molar-refractivity contribution in [3.63, 3.8) is 0 Å². The number of likely N-dealkylation sites (tertiary alicyclic amines) is 1. The molecule has 0 aliphatic carbocycles. The van der Waals surface area contributed by atoms with E-state index in [0.717, 1.165) is 80.6 Å². The van der Waals surface area contributed by atoms with Crippen LogP contribution < -0.4 is 31.7 Å². The number of halogens is 1. The molecule has 0 bridgehead atoms. The predicted molar refractivity (Wildman–Crippen MR) is 217 cm³/mol. The minimum Gasteiger partial charge on any atom is -0.496 e. The first-order chi connectivity index (χ1) is 28.9. The summed E-state index contributed by atoms with van der Waals surface area (Å²) in [6.45, 7) is 4.36. The summed E-state index contributed by atoms with van der Waals surface area (Å²) < 4.78 is 20.7. The number of amides is 6. The van der Waals surface area contributed by atoms with Gasteiger partial charge in [0.05, 0.1) is 29.8 Å². The molecule has 16 nitrogen and oxygen atoms in total. The van der Waals surface area contributed by atoms with Crippen LogP contribution in [0.25, 0.3) is 11.3 Å². The van der Waals surface area contributed by atoms with Crippen LogP contribution in [0.3, 0.4) is 0 Å². The number of hydrogen-bond acceptors (Lipinski definition) is 11. The van der Waals surface area contributed by atoms with Gasteiger partial charge >= 0.3 is 0 Å². The van der Waals surface area contributed by atoms with Gasteiger partial charge in [0.15, 0.2) is 0 Å². The topological polar surface area (TPSA) is 215 Å². The fourth-order valence-corrected chi connectivity index (χ4v) is 8.83. The van der Waals surface area contributed by atoms with Crippen molar-refractivity contribution in [2.75, 3.05) is 50.5 Å². The predicted octanol–water partition coefficient (Wildman–Crippen LogP) is 3.26. The van der Waals surface area contributed by atoms with Gasteiger partial charge in [-0.2, -0.15) is 5.10 Å². The molecule has 1 atom stereocenters. The molecule has 3 saturated heterocycles. The molecule has 6 amide bonds. The van der Waals surface area contributed by atoms with Crippen molar-refractivity contribution in [1.29, 1.82) is 0 Å². The number of primary amides is 1. The van der Waals surface area contributed by atoms with Crippen LogP contribution in [0, 0.1) is 11.7 Å². The number of carbonyl (C=O) groups excluding carboxylic acids is 6. The van der Waals surface area contributed by atoms with Gasteiger partial charge in [0.2, 0.25) is 11.8 Å². The molecule has 8 rings (SSSR count). The van der Waals surface area contributed by atoms with E-state index >= 15 is 0 Å². The van der Waals surface area contributed by atoms with E-state index < -0.39 is 47.3 Å². The number of fused-ring (bicyclic) bond motifs is 1. The molecule has 1 unspecified atom stereocenters. The zero-order chi connectivity index (χ0) is 42.2. The minimum absolute atomic E-state index is 0.0236. The Hall–Kier alpha value is -6.62. The van der Waals surface area contributed by atoms with Gasteiger partial charge in [-0.1, -0.05) is 24.3 Å². The van der Waals surface area contributed by atoms with Crippen molar-refractivity contribution in [2.45, 2.75) is 57.2 Å². The highest BCUT2D eigenvalue weighted by Gasteiger charge is 2.45. The number of benzene rings is 3. The Balaban J connectivity index is 0.842. The normalized spacial score (nSPS) is 19.1. The molecule has 4 aromatic rings. The lowest BCUT2D eigenvalue weighted by atomic mass is 9.94. The van der Waals surface area contributed by atoms with Crippen molar-refractivity contribution in [3.8, 4) is 17.0 Å². The summed E-state index contributed by atoms with van der Waals surface area (Å²) in [6, 6.07) is 15.2. The third-order valence-electron chi connectivity index (χ3n) is 12.1. The fourth-order valence-electron chi connectivity index (χ4n) is 8.83. The molecule has 5 heterocycles. The average Bonchev–Trinajstić information content (AvgIpc) is 3.72. The zero-order valence-electron chi connectivity index (χ0n) is 33.1. The van der Waals surface area contributed by atoms with E-state index in [4.69, 9.17) is 21.3 Å². The molecule has 0 radical (unpaired) electrons. The molecule has 6 N–H and O–H groups in total. The Morgan fingerprint density at radius 1 is 0.900 bits per heavy atom. The lowest BCUT2D eigenvalue weighted by Gasteiger charge is -2.38. The molecular weight excluding hydrogens is 774 g/mol. The number of nitrogens with one attached hydrogen (secondary N) is 2. The second kappa shape index (κ2) is 16.6. The molecule has 0 saturated carbocycles. The highest BCUT2D eigenvalue weighted by molar-refractivity contribution is 6.23. The quantitative estimate of drug-likeness (QED) is 0.161. The SMILES string of the molecule is COc1ccc(F)cc1C(=O)NCc1ccc(-c2nn(C3CCN(CC4CCN(c5ccc6c(c5)C(=O)N(C5CCC(=O)NC5=O)C6=O)CC4)CC3)c(N)c2C(N)=O)cc1. The zero-order valence-corrected chi connectivity index (χ0v) is 33.1. The number of aromatic nitrogens is 2. The van der Waals surface area contributed by atoms with Crippen LogP contribution in [0.5, 0.6) is 5.75 Å². The van der Waals surface area contributed by atoms with E-state index in [1.807, 2.05) is 6.07 Å². The van der Waals surface area contributed by atoms with Gasteiger partial charge in [-0.15, -0.1) is 0 Å². The van der Waals surface area contributed by atoms with Gasteiger partial charge in [0.1, 0.15) is 34.7 Å². The summed E-state index contributed by atoms with van der Waals surface area (Å²) in [5, 5.41) is 9.82. The van der Waals surface area contributed by atoms with Crippen LogP contribution in [0.1, 0.15) is 91.6 Å². The molecule has 17 heteroatoms. The molecule has 4 aliphatic rings. The van der Waals surface area contributed by atoms with Crippen LogP contribution in [0.2, 0.25) is 0 Å². The average molecular weight is 820 g/mol. The number of carbonyl (C=O) groups is 6. The first-order valence-electron chi connectivity index (χ1n) is 20.1. The summed E-state index contributed by atoms with van der Waals surface area (Å²) in [7, 11) is 1.41. The summed E-state index contributed by atoms with van der Waals surface area (Å²) >= 11 is 0. The fraction of sp³-hybridized carbons (Fsp3) is 0.372. The van der Waals surface area contributed by atoms with Gasteiger partial charge in [-0.05, 0) is 80.0 Å². The number of nitrogen functional groups attached to an aromatic ring is 1. The highest BCUT2D eigenvalue weighted by Crippen LogP contribution is 2.35. The van der Waals surface area contributed by atoms with Crippen molar-refractivity contribution >= 4 is 46.9 Å². The van der Waals surface area contributed by atoms with E-state index in [-0.39, 0.29) is 59.2 Å². The molecule has 3 fully saturated rings. The van der Waals surface area contributed by atoms with E-state index in [0.29, 0.717) is 17.2 Å². The summed E-state index contributed by atoms with van der Waals surface area (Å²) in [5.74, 6) is -2.80. The van der Waals surface area contributed by atoms with E-state index in [9.17, 15) is 33.2 Å². The maximum Gasteiger partial charge on any atom is 0.262 e. The Bertz CT molecular complexity index is 2380. The van der Waals surface area contributed by atoms with Crippen LogP contribution in [0.15, 0.2) is 60.7 Å². The van der Waals surface area contributed by atoms with Crippen LogP contribution >= 0.6 is 0 Å². The maximum atomic E-state index is 13.8. The number of piperidine rings is 3. The van der Waals surface area contributed by atoms with Crippen LogP contribution in [0.4, 0.5) is 15.9 Å². The lowest BCUT2D eigenvalue weighted by molar-refractivity contribution is -0.136. The van der Waals surface area contributed by atoms with Crippen molar-refractivity contribution in [2.24, 2.45) is 11.7 Å². The van der Waals surface area contributed by atoms with Gasteiger partial charge < -0.3 is 31.3 Å². The lowest BCUT2D eigenvalue weighted by Crippen LogP contribution is -2.54. The second-order valence-corrected chi connectivity index (χ2v) is 15.8. The minimum atomic E-state index is -0.998. The Kier molecular flexibility index (Phi) is 11.1. The number of anilines is 2. The monoisotopic (exact) mass is 819 g/mol. The summed E-state index contributed by atoms with van der Waals surface area (Å²) in [5.41, 5.74) is 15.8.